The minimum Gasteiger partial charge on any atom is -0.493 e. The Balaban J connectivity index is 1.65. The van der Waals surface area contributed by atoms with E-state index in [1.807, 2.05) is 24.3 Å². The molecule has 1 saturated heterocycles. The number of nitrogens with zero attached hydrogens (tertiary/aromatic N) is 2. The van der Waals surface area contributed by atoms with E-state index in [1.165, 1.54) is 19.3 Å². The quantitative estimate of drug-likeness (QED) is 0.863. The van der Waals surface area contributed by atoms with Crippen LogP contribution >= 0.6 is 0 Å². The van der Waals surface area contributed by atoms with E-state index in [2.05, 4.69) is 15.2 Å². The molecule has 0 radical (unpaired) electrons. The minimum absolute atomic E-state index is 0.111. The Morgan fingerprint density at radius 3 is 2.58 bits per heavy atom. The van der Waals surface area contributed by atoms with Crippen LogP contribution in [-0.2, 0) is 6.54 Å². The van der Waals surface area contributed by atoms with Crippen molar-refractivity contribution >= 4 is 11.7 Å². The van der Waals surface area contributed by atoms with Gasteiger partial charge in [-0.1, -0.05) is 6.07 Å². The number of pyridine rings is 1. The van der Waals surface area contributed by atoms with Crippen molar-refractivity contribution < 1.29 is 14.3 Å². The molecule has 6 heteroatoms. The van der Waals surface area contributed by atoms with Crippen molar-refractivity contribution in [2.75, 3.05) is 32.2 Å². The summed E-state index contributed by atoms with van der Waals surface area (Å²) in [5.41, 5.74) is 1.57. The van der Waals surface area contributed by atoms with Crippen molar-refractivity contribution in [1.29, 1.82) is 0 Å². The molecule has 138 valence electrons. The van der Waals surface area contributed by atoms with Crippen molar-refractivity contribution in [1.82, 2.24) is 10.3 Å². The summed E-state index contributed by atoms with van der Waals surface area (Å²) in [6.45, 7) is 2.42. The van der Waals surface area contributed by atoms with E-state index in [4.69, 9.17) is 9.47 Å². The van der Waals surface area contributed by atoms with Crippen LogP contribution in [0.15, 0.2) is 36.5 Å². The summed E-state index contributed by atoms with van der Waals surface area (Å²) < 4.78 is 10.5. The van der Waals surface area contributed by atoms with Gasteiger partial charge in [0.15, 0.2) is 11.5 Å². The predicted molar refractivity (Wildman–Crippen MR) is 101 cm³/mol. The molecule has 6 nitrogen and oxygen atoms in total. The molecule has 1 aliphatic rings. The first kappa shape index (κ1) is 18.0. The second-order valence-corrected chi connectivity index (χ2v) is 6.32. The molecular weight excluding hydrogens is 330 g/mol. The lowest BCUT2D eigenvalue weighted by atomic mass is 10.1. The van der Waals surface area contributed by atoms with Gasteiger partial charge in [0.25, 0.3) is 5.91 Å². The van der Waals surface area contributed by atoms with E-state index >= 15 is 0 Å². The van der Waals surface area contributed by atoms with Crippen LogP contribution in [0.4, 0.5) is 5.82 Å². The van der Waals surface area contributed by atoms with Gasteiger partial charge in [-0.25, -0.2) is 4.98 Å². The number of hydrogen-bond donors (Lipinski definition) is 1. The minimum atomic E-state index is -0.111. The van der Waals surface area contributed by atoms with E-state index in [-0.39, 0.29) is 5.91 Å². The number of hydrogen-bond acceptors (Lipinski definition) is 5. The first-order valence-electron chi connectivity index (χ1n) is 8.91. The van der Waals surface area contributed by atoms with Crippen LogP contribution in [0.3, 0.4) is 0 Å². The standard InChI is InChI=1S/C20H25N3O3/c1-25-17-7-6-15(12-18(17)26-2)14-22-20(24)16-8-9-21-19(13-16)23-10-4-3-5-11-23/h6-9,12-13H,3-5,10-11,14H2,1-2H3,(H,22,24). The van der Waals surface area contributed by atoms with Crippen molar-refractivity contribution in [2.24, 2.45) is 0 Å². The number of carbonyl (C=O) groups is 1. The lowest BCUT2D eigenvalue weighted by Gasteiger charge is -2.27. The van der Waals surface area contributed by atoms with E-state index in [0.717, 1.165) is 24.5 Å². The van der Waals surface area contributed by atoms with E-state index in [1.54, 1.807) is 26.5 Å². The molecule has 2 heterocycles. The van der Waals surface area contributed by atoms with Crippen LogP contribution in [0.2, 0.25) is 0 Å². The van der Waals surface area contributed by atoms with Crippen LogP contribution < -0.4 is 19.7 Å². The van der Waals surface area contributed by atoms with Gasteiger partial charge in [0.2, 0.25) is 0 Å². The smallest absolute Gasteiger partial charge is 0.251 e. The van der Waals surface area contributed by atoms with Gasteiger partial charge in [-0.15, -0.1) is 0 Å². The largest absolute Gasteiger partial charge is 0.493 e. The fourth-order valence-corrected chi connectivity index (χ4v) is 3.13. The van der Waals surface area contributed by atoms with Gasteiger partial charge in [-0.05, 0) is 49.1 Å². The average Bonchev–Trinajstić information content (AvgIpc) is 2.72. The lowest BCUT2D eigenvalue weighted by molar-refractivity contribution is 0.0950. The van der Waals surface area contributed by atoms with Crippen LogP contribution in [0, 0.1) is 0 Å². The number of nitrogens with one attached hydrogen (secondary N) is 1. The average molecular weight is 355 g/mol. The number of aromatic nitrogens is 1. The number of piperidine rings is 1. The molecule has 1 amide bonds. The summed E-state index contributed by atoms with van der Waals surface area (Å²) in [6.07, 6.45) is 5.33. The van der Waals surface area contributed by atoms with E-state index in [0.29, 0.717) is 23.6 Å². The number of anilines is 1. The van der Waals surface area contributed by atoms with Gasteiger partial charge < -0.3 is 19.7 Å². The summed E-state index contributed by atoms with van der Waals surface area (Å²) in [6, 6.07) is 9.23. The van der Waals surface area contributed by atoms with Crippen LogP contribution in [0.5, 0.6) is 11.5 Å². The molecule has 0 unspecified atom stereocenters. The topological polar surface area (TPSA) is 63.7 Å². The summed E-state index contributed by atoms with van der Waals surface area (Å²) >= 11 is 0. The summed E-state index contributed by atoms with van der Waals surface area (Å²) in [5, 5.41) is 2.95. The predicted octanol–water partition coefficient (Wildman–Crippen LogP) is 3.02. The van der Waals surface area contributed by atoms with Gasteiger partial charge in [-0.2, -0.15) is 0 Å². The molecular formula is C20H25N3O3. The molecule has 0 spiro atoms. The van der Waals surface area contributed by atoms with Crippen LogP contribution in [0.25, 0.3) is 0 Å². The van der Waals surface area contributed by atoms with Gasteiger partial charge in [-0.3, -0.25) is 4.79 Å². The third kappa shape index (κ3) is 4.25. The number of benzene rings is 1. The summed E-state index contributed by atoms with van der Waals surface area (Å²) in [7, 11) is 3.20. The first-order chi connectivity index (χ1) is 12.7. The second kappa shape index (κ2) is 8.56. The Morgan fingerprint density at radius 2 is 1.85 bits per heavy atom. The van der Waals surface area contributed by atoms with Crippen molar-refractivity contribution in [2.45, 2.75) is 25.8 Å². The monoisotopic (exact) mass is 355 g/mol. The maximum Gasteiger partial charge on any atom is 0.251 e. The maximum absolute atomic E-state index is 12.5. The first-order valence-corrected chi connectivity index (χ1v) is 8.91. The van der Waals surface area contributed by atoms with Crippen molar-refractivity contribution in [3.63, 3.8) is 0 Å². The Kier molecular flexibility index (Phi) is 5.94. The number of methoxy groups -OCH3 is 2. The molecule has 1 aromatic heterocycles. The Morgan fingerprint density at radius 1 is 1.08 bits per heavy atom. The SMILES string of the molecule is COc1ccc(CNC(=O)c2ccnc(N3CCCCC3)c2)cc1OC. The number of amides is 1. The fourth-order valence-electron chi connectivity index (χ4n) is 3.13. The van der Waals surface area contributed by atoms with Gasteiger partial charge >= 0.3 is 0 Å². The summed E-state index contributed by atoms with van der Waals surface area (Å²) in [5.74, 6) is 2.09. The molecule has 0 bridgehead atoms. The fraction of sp³-hybridized carbons (Fsp3) is 0.400. The molecule has 26 heavy (non-hydrogen) atoms. The molecule has 1 fully saturated rings. The molecule has 2 aromatic rings. The highest BCUT2D eigenvalue weighted by atomic mass is 16.5. The van der Waals surface area contributed by atoms with E-state index in [9.17, 15) is 4.79 Å². The number of carbonyl (C=O) groups excluding carboxylic acids is 1. The van der Waals surface area contributed by atoms with Gasteiger partial charge in [0, 0.05) is 31.4 Å². The number of ether oxygens (including phenoxy) is 2. The van der Waals surface area contributed by atoms with E-state index < -0.39 is 0 Å². The highest BCUT2D eigenvalue weighted by molar-refractivity contribution is 5.94. The molecule has 1 aliphatic heterocycles. The zero-order valence-corrected chi connectivity index (χ0v) is 15.3. The van der Waals surface area contributed by atoms with Gasteiger partial charge in [0.05, 0.1) is 14.2 Å². The maximum atomic E-state index is 12.5. The molecule has 1 aromatic carbocycles. The molecule has 1 N–H and O–H groups in total. The zero-order valence-electron chi connectivity index (χ0n) is 15.3. The third-order valence-corrected chi connectivity index (χ3v) is 4.59. The van der Waals surface area contributed by atoms with Crippen molar-refractivity contribution in [3.8, 4) is 11.5 Å². The molecule has 3 rings (SSSR count). The zero-order chi connectivity index (χ0) is 18.4. The lowest BCUT2D eigenvalue weighted by Crippen LogP contribution is -2.30. The van der Waals surface area contributed by atoms with Crippen LogP contribution in [-0.4, -0.2) is 38.2 Å². The second-order valence-electron chi connectivity index (χ2n) is 6.32. The Hall–Kier alpha value is -2.76. The molecule has 0 saturated carbocycles. The highest BCUT2D eigenvalue weighted by Gasteiger charge is 2.14. The third-order valence-electron chi connectivity index (χ3n) is 4.59. The van der Waals surface area contributed by atoms with Crippen LogP contribution in [0.1, 0.15) is 35.2 Å². The highest BCUT2D eigenvalue weighted by Crippen LogP contribution is 2.27. The molecule has 0 atom stereocenters. The normalized spacial score (nSPS) is 14.0. The Labute approximate surface area is 154 Å². The number of rotatable bonds is 6. The van der Waals surface area contributed by atoms with Crippen molar-refractivity contribution in [3.05, 3.63) is 47.7 Å². The summed E-state index contributed by atoms with van der Waals surface area (Å²) in [4.78, 5) is 19.2. The Bertz CT molecular complexity index is 758. The molecule has 0 aliphatic carbocycles. The van der Waals surface area contributed by atoms with Gasteiger partial charge in [0.1, 0.15) is 5.82 Å².